The lowest BCUT2D eigenvalue weighted by atomic mass is 9.89. The summed E-state index contributed by atoms with van der Waals surface area (Å²) < 4.78 is 0. The summed E-state index contributed by atoms with van der Waals surface area (Å²) in [5, 5.41) is 11.9. The number of benzene rings is 1. The van der Waals surface area contributed by atoms with E-state index in [-0.39, 0.29) is 0 Å². The van der Waals surface area contributed by atoms with Crippen LogP contribution in [0.3, 0.4) is 0 Å². The molecular formula is C17H21ClN2O. The van der Waals surface area contributed by atoms with E-state index in [1.54, 1.807) is 0 Å². The summed E-state index contributed by atoms with van der Waals surface area (Å²) in [6.07, 6.45) is 1.88. The van der Waals surface area contributed by atoms with Crippen molar-refractivity contribution in [3.63, 3.8) is 0 Å². The molecule has 3 nitrogen and oxygen atoms in total. The van der Waals surface area contributed by atoms with Crippen LogP contribution in [0.5, 0.6) is 0 Å². The Morgan fingerprint density at radius 2 is 2.10 bits per heavy atom. The number of aromatic nitrogens is 1. The molecule has 3 rings (SSSR count). The van der Waals surface area contributed by atoms with Gasteiger partial charge in [-0.05, 0) is 31.0 Å². The van der Waals surface area contributed by atoms with Gasteiger partial charge in [0.05, 0.1) is 11.1 Å². The number of hydrogen-bond donors (Lipinski definition) is 1. The summed E-state index contributed by atoms with van der Waals surface area (Å²) in [5.74, 6) is 0. The highest BCUT2D eigenvalue weighted by atomic mass is 35.5. The second kappa shape index (κ2) is 5.56. The molecular weight excluding hydrogens is 284 g/mol. The fourth-order valence-electron chi connectivity index (χ4n) is 3.17. The Morgan fingerprint density at radius 1 is 1.33 bits per heavy atom. The lowest BCUT2D eigenvalue weighted by Gasteiger charge is -2.46. The highest BCUT2D eigenvalue weighted by Crippen LogP contribution is 2.29. The number of aryl methyl sites for hydroxylation is 1. The van der Waals surface area contributed by atoms with Crippen molar-refractivity contribution in [2.75, 3.05) is 13.1 Å². The molecule has 1 saturated heterocycles. The first-order valence-electron chi connectivity index (χ1n) is 7.50. The van der Waals surface area contributed by atoms with E-state index >= 15 is 0 Å². The van der Waals surface area contributed by atoms with Crippen LogP contribution in [-0.2, 0) is 6.54 Å². The van der Waals surface area contributed by atoms with Crippen molar-refractivity contribution in [2.24, 2.45) is 0 Å². The highest BCUT2D eigenvalue weighted by molar-refractivity contribution is 6.30. The van der Waals surface area contributed by atoms with Crippen molar-refractivity contribution in [1.29, 1.82) is 0 Å². The van der Waals surface area contributed by atoms with Gasteiger partial charge in [-0.3, -0.25) is 4.90 Å². The molecule has 1 aliphatic heterocycles. The zero-order valence-corrected chi connectivity index (χ0v) is 13.3. The Bertz CT molecular complexity index is 665. The second-order valence-corrected chi connectivity index (χ2v) is 6.61. The van der Waals surface area contributed by atoms with Crippen molar-refractivity contribution < 1.29 is 5.11 Å². The Labute approximate surface area is 130 Å². The Morgan fingerprint density at radius 3 is 2.81 bits per heavy atom. The molecule has 1 N–H and O–H groups in total. The number of halogens is 1. The van der Waals surface area contributed by atoms with Crippen LogP contribution < -0.4 is 0 Å². The van der Waals surface area contributed by atoms with Gasteiger partial charge in [0.25, 0.3) is 0 Å². The number of hydrogen-bond acceptors (Lipinski definition) is 3. The molecule has 1 aliphatic rings. The van der Waals surface area contributed by atoms with Gasteiger partial charge in [-0.15, -0.1) is 0 Å². The highest BCUT2D eigenvalue weighted by Gasteiger charge is 2.40. The molecule has 2 heterocycles. The number of rotatable bonds is 4. The Kier molecular flexibility index (Phi) is 3.91. The monoisotopic (exact) mass is 304 g/mol. The molecule has 0 saturated carbocycles. The van der Waals surface area contributed by atoms with Crippen LogP contribution in [0.4, 0.5) is 0 Å². The van der Waals surface area contributed by atoms with Crippen LogP contribution in [0.1, 0.15) is 30.9 Å². The molecule has 0 bridgehead atoms. The number of β-amino-alcohol motifs (C(OH)–C–C–N with tert-alkyl or cyclic N) is 1. The van der Waals surface area contributed by atoms with Crippen LogP contribution in [0.25, 0.3) is 10.9 Å². The number of pyridine rings is 1. The molecule has 0 aliphatic carbocycles. The number of nitrogens with zero attached hydrogens (tertiary/aromatic N) is 2. The molecule has 0 atom stereocenters. The van der Waals surface area contributed by atoms with Gasteiger partial charge >= 0.3 is 0 Å². The van der Waals surface area contributed by atoms with E-state index in [9.17, 15) is 5.11 Å². The predicted octanol–water partition coefficient (Wildman–Crippen LogP) is 3.54. The third-order valence-corrected chi connectivity index (χ3v) is 4.47. The van der Waals surface area contributed by atoms with Crippen molar-refractivity contribution in [3.05, 3.63) is 40.5 Å². The first kappa shape index (κ1) is 14.8. The van der Waals surface area contributed by atoms with E-state index in [1.807, 2.05) is 0 Å². The summed E-state index contributed by atoms with van der Waals surface area (Å²) in [6, 6.07) is 8.34. The topological polar surface area (TPSA) is 36.4 Å². The zero-order chi connectivity index (χ0) is 15.0. The maximum atomic E-state index is 10.2. The third-order valence-electron chi connectivity index (χ3n) is 4.14. The lowest BCUT2D eigenvalue weighted by Crippen LogP contribution is -2.60. The summed E-state index contributed by atoms with van der Waals surface area (Å²) >= 11 is 6.31. The quantitative estimate of drug-likeness (QED) is 0.878. The zero-order valence-electron chi connectivity index (χ0n) is 12.6. The molecule has 0 amide bonds. The minimum Gasteiger partial charge on any atom is -0.387 e. The first-order chi connectivity index (χ1) is 9.99. The van der Waals surface area contributed by atoms with Crippen LogP contribution >= 0.6 is 11.6 Å². The average molecular weight is 305 g/mol. The standard InChI is InChI=1S/C17H21ClN2O/c1-3-6-17(21)10-20(11-17)9-14-8-13-5-4-12(2)7-15(13)19-16(14)18/h4-5,7-8,21H,3,6,9-11H2,1-2H3. The number of fused-ring (bicyclic) bond motifs is 1. The lowest BCUT2D eigenvalue weighted by molar-refractivity contribution is -0.106. The minimum absolute atomic E-state index is 0.497. The molecule has 2 aromatic rings. The molecule has 112 valence electrons. The van der Waals surface area contributed by atoms with E-state index in [0.29, 0.717) is 5.15 Å². The minimum atomic E-state index is -0.497. The Hall–Kier alpha value is -1.16. The molecule has 0 radical (unpaired) electrons. The van der Waals surface area contributed by atoms with Gasteiger partial charge in [-0.2, -0.15) is 0 Å². The molecule has 0 spiro atoms. The summed E-state index contributed by atoms with van der Waals surface area (Å²) in [6.45, 7) is 6.36. The summed E-state index contributed by atoms with van der Waals surface area (Å²) in [5.41, 5.74) is 2.66. The molecule has 1 fully saturated rings. The molecule has 0 unspecified atom stereocenters. The molecule has 1 aromatic carbocycles. The SMILES string of the molecule is CCCC1(O)CN(Cc2cc3ccc(C)cc3nc2Cl)C1. The molecule has 1 aromatic heterocycles. The van der Waals surface area contributed by atoms with Crippen LogP contribution in [0, 0.1) is 6.92 Å². The van der Waals surface area contributed by atoms with Crippen molar-refractivity contribution in [3.8, 4) is 0 Å². The maximum absolute atomic E-state index is 10.2. The van der Waals surface area contributed by atoms with Gasteiger partial charge in [0.2, 0.25) is 0 Å². The van der Waals surface area contributed by atoms with Gasteiger partial charge in [0, 0.05) is 30.6 Å². The van der Waals surface area contributed by atoms with Gasteiger partial charge in [-0.25, -0.2) is 4.98 Å². The van der Waals surface area contributed by atoms with E-state index < -0.39 is 5.60 Å². The fourth-order valence-corrected chi connectivity index (χ4v) is 3.38. The number of aliphatic hydroxyl groups is 1. The molecule has 21 heavy (non-hydrogen) atoms. The van der Waals surface area contributed by atoms with Crippen LogP contribution in [0.15, 0.2) is 24.3 Å². The van der Waals surface area contributed by atoms with Crippen molar-refractivity contribution in [1.82, 2.24) is 9.88 Å². The first-order valence-corrected chi connectivity index (χ1v) is 7.87. The van der Waals surface area contributed by atoms with E-state index in [0.717, 1.165) is 48.9 Å². The normalized spacial score (nSPS) is 17.9. The number of likely N-dealkylation sites (tertiary alicyclic amines) is 1. The smallest absolute Gasteiger partial charge is 0.134 e. The molecule has 4 heteroatoms. The van der Waals surface area contributed by atoms with Crippen LogP contribution in [0.2, 0.25) is 5.15 Å². The van der Waals surface area contributed by atoms with Gasteiger partial charge in [0.1, 0.15) is 5.15 Å². The predicted molar refractivity (Wildman–Crippen MR) is 86.6 cm³/mol. The van der Waals surface area contributed by atoms with Crippen molar-refractivity contribution >= 4 is 22.5 Å². The van der Waals surface area contributed by atoms with E-state index in [2.05, 4.69) is 48.0 Å². The van der Waals surface area contributed by atoms with Crippen LogP contribution in [-0.4, -0.2) is 33.7 Å². The van der Waals surface area contributed by atoms with Gasteiger partial charge in [0.15, 0.2) is 0 Å². The third kappa shape index (κ3) is 3.05. The van der Waals surface area contributed by atoms with E-state index in [1.165, 1.54) is 5.56 Å². The largest absolute Gasteiger partial charge is 0.387 e. The maximum Gasteiger partial charge on any atom is 0.134 e. The summed E-state index contributed by atoms with van der Waals surface area (Å²) in [7, 11) is 0. The van der Waals surface area contributed by atoms with Gasteiger partial charge < -0.3 is 5.11 Å². The fraction of sp³-hybridized carbons (Fsp3) is 0.471. The average Bonchev–Trinajstić information content (AvgIpc) is 2.38. The second-order valence-electron chi connectivity index (χ2n) is 6.25. The summed E-state index contributed by atoms with van der Waals surface area (Å²) in [4.78, 5) is 6.72. The Balaban J connectivity index is 1.76. The van der Waals surface area contributed by atoms with Crippen molar-refractivity contribution in [2.45, 2.75) is 38.8 Å². The van der Waals surface area contributed by atoms with E-state index in [4.69, 9.17) is 11.6 Å². The van der Waals surface area contributed by atoms with Gasteiger partial charge in [-0.1, -0.05) is 37.1 Å².